The standard InChI is InChI=1S/C20H25NO2/c1-16-6-8-17(9-7-16)14-23-15-20(22)13-21-11-10-18-4-2-3-5-19(18)12-21/h2-9,20,22H,10-15H2,1H3/t20-/m0/s1. The summed E-state index contributed by atoms with van der Waals surface area (Å²) in [5, 5.41) is 10.2. The lowest BCUT2D eigenvalue weighted by atomic mass is 10.00. The van der Waals surface area contributed by atoms with Crippen LogP contribution in [0.4, 0.5) is 0 Å². The van der Waals surface area contributed by atoms with Gasteiger partial charge in [0.25, 0.3) is 0 Å². The lowest BCUT2D eigenvalue weighted by Crippen LogP contribution is -2.38. The molecule has 3 nitrogen and oxygen atoms in total. The molecule has 3 heteroatoms. The number of aliphatic hydroxyl groups is 1. The monoisotopic (exact) mass is 311 g/mol. The molecule has 122 valence electrons. The Balaban J connectivity index is 1.41. The number of rotatable bonds is 6. The van der Waals surface area contributed by atoms with Crippen molar-refractivity contribution < 1.29 is 9.84 Å². The fourth-order valence-corrected chi connectivity index (χ4v) is 3.06. The second-order valence-corrected chi connectivity index (χ2v) is 6.41. The zero-order chi connectivity index (χ0) is 16.1. The highest BCUT2D eigenvalue weighted by molar-refractivity contribution is 5.29. The van der Waals surface area contributed by atoms with Crippen molar-refractivity contribution in [1.82, 2.24) is 4.90 Å². The van der Waals surface area contributed by atoms with Gasteiger partial charge in [-0.3, -0.25) is 4.90 Å². The summed E-state index contributed by atoms with van der Waals surface area (Å²) < 4.78 is 5.66. The summed E-state index contributed by atoms with van der Waals surface area (Å²) in [5.41, 5.74) is 5.22. The van der Waals surface area contributed by atoms with Crippen LogP contribution in [-0.2, 0) is 24.3 Å². The van der Waals surface area contributed by atoms with Crippen molar-refractivity contribution in [3.63, 3.8) is 0 Å². The second kappa shape index (κ2) is 7.73. The first-order valence-electron chi connectivity index (χ1n) is 8.31. The number of β-amino-alcohol motifs (C(OH)–C–C–N with tert-alkyl or cyclic N) is 1. The molecule has 1 heterocycles. The smallest absolute Gasteiger partial charge is 0.0900 e. The summed E-state index contributed by atoms with van der Waals surface area (Å²) >= 11 is 0. The molecule has 1 aliphatic heterocycles. The average molecular weight is 311 g/mol. The first-order valence-corrected chi connectivity index (χ1v) is 8.31. The van der Waals surface area contributed by atoms with E-state index in [1.165, 1.54) is 16.7 Å². The summed E-state index contributed by atoms with van der Waals surface area (Å²) in [6.07, 6.45) is 0.623. The van der Waals surface area contributed by atoms with Gasteiger partial charge in [0.05, 0.1) is 19.3 Å². The molecule has 0 saturated carbocycles. The van der Waals surface area contributed by atoms with E-state index in [4.69, 9.17) is 4.74 Å². The highest BCUT2D eigenvalue weighted by Gasteiger charge is 2.18. The summed E-state index contributed by atoms with van der Waals surface area (Å²) in [6.45, 7) is 5.61. The molecule has 0 saturated heterocycles. The predicted octanol–water partition coefficient (Wildman–Crippen LogP) is 2.93. The van der Waals surface area contributed by atoms with Crippen LogP contribution in [0.25, 0.3) is 0 Å². The van der Waals surface area contributed by atoms with E-state index in [0.29, 0.717) is 19.8 Å². The van der Waals surface area contributed by atoms with E-state index in [2.05, 4.69) is 60.4 Å². The van der Waals surface area contributed by atoms with Crippen LogP contribution in [0.1, 0.15) is 22.3 Å². The molecule has 0 amide bonds. The van der Waals surface area contributed by atoms with Crippen LogP contribution in [0.15, 0.2) is 48.5 Å². The molecule has 0 bridgehead atoms. The third kappa shape index (κ3) is 4.64. The van der Waals surface area contributed by atoms with Crippen molar-refractivity contribution in [2.45, 2.75) is 32.6 Å². The summed E-state index contributed by atoms with van der Waals surface area (Å²) in [7, 11) is 0. The SMILES string of the molecule is Cc1ccc(COC[C@@H](O)CN2CCc3ccccc3C2)cc1. The molecular weight excluding hydrogens is 286 g/mol. The topological polar surface area (TPSA) is 32.7 Å². The maximum atomic E-state index is 10.2. The number of hydrogen-bond donors (Lipinski definition) is 1. The first kappa shape index (κ1) is 16.2. The van der Waals surface area contributed by atoms with Gasteiger partial charge in [-0.05, 0) is 30.0 Å². The minimum atomic E-state index is -0.439. The van der Waals surface area contributed by atoms with Gasteiger partial charge in [0.15, 0.2) is 0 Å². The Morgan fingerprint density at radius 3 is 2.61 bits per heavy atom. The maximum Gasteiger partial charge on any atom is 0.0900 e. The molecule has 0 radical (unpaired) electrons. The molecule has 2 aromatic rings. The van der Waals surface area contributed by atoms with E-state index in [-0.39, 0.29) is 0 Å². The Hall–Kier alpha value is -1.68. The van der Waals surface area contributed by atoms with E-state index < -0.39 is 6.10 Å². The minimum Gasteiger partial charge on any atom is -0.389 e. The summed E-state index contributed by atoms with van der Waals surface area (Å²) in [4.78, 5) is 2.31. The Morgan fingerprint density at radius 2 is 1.83 bits per heavy atom. The molecule has 0 unspecified atom stereocenters. The van der Waals surface area contributed by atoms with Crippen molar-refractivity contribution in [2.75, 3.05) is 19.7 Å². The Kier molecular flexibility index (Phi) is 5.44. The van der Waals surface area contributed by atoms with Gasteiger partial charge in [0.2, 0.25) is 0 Å². The number of fused-ring (bicyclic) bond motifs is 1. The molecule has 0 spiro atoms. The van der Waals surface area contributed by atoms with E-state index in [9.17, 15) is 5.11 Å². The van der Waals surface area contributed by atoms with Crippen LogP contribution >= 0.6 is 0 Å². The first-order chi connectivity index (χ1) is 11.2. The maximum absolute atomic E-state index is 10.2. The van der Waals surface area contributed by atoms with Gasteiger partial charge in [0, 0.05) is 19.6 Å². The summed E-state index contributed by atoms with van der Waals surface area (Å²) in [6, 6.07) is 16.9. The largest absolute Gasteiger partial charge is 0.389 e. The van der Waals surface area contributed by atoms with E-state index in [0.717, 1.165) is 25.1 Å². The number of nitrogens with zero attached hydrogens (tertiary/aromatic N) is 1. The number of aryl methyl sites for hydroxylation is 1. The van der Waals surface area contributed by atoms with Gasteiger partial charge < -0.3 is 9.84 Å². The Morgan fingerprint density at radius 1 is 1.09 bits per heavy atom. The van der Waals surface area contributed by atoms with E-state index >= 15 is 0 Å². The zero-order valence-corrected chi connectivity index (χ0v) is 13.7. The molecule has 1 N–H and O–H groups in total. The lowest BCUT2D eigenvalue weighted by Gasteiger charge is -2.30. The van der Waals surface area contributed by atoms with Gasteiger partial charge in [-0.2, -0.15) is 0 Å². The van der Waals surface area contributed by atoms with Gasteiger partial charge in [-0.15, -0.1) is 0 Å². The van der Waals surface area contributed by atoms with Crippen LogP contribution < -0.4 is 0 Å². The average Bonchev–Trinajstić information content (AvgIpc) is 2.56. The van der Waals surface area contributed by atoms with Crippen molar-refractivity contribution >= 4 is 0 Å². The van der Waals surface area contributed by atoms with E-state index in [1.54, 1.807) is 0 Å². The van der Waals surface area contributed by atoms with Gasteiger partial charge in [-0.1, -0.05) is 54.1 Å². The number of aliphatic hydroxyl groups excluding tert-OH is 1. The highest BCUT2D eigenvalue weighted by Crippen LogP contribution is 2.18. The number of ether oxygens (including phenoxy) is 1. The van der Waals surface area contributed by atoms with Gasteiger partial charge in [-0.25, -0.2) is 0 Å². The Bertz CT molecular complexity index is 624. The molecule has 1 aliphatic rings. The van der Waals surface area contributed by atoms with E-state index in [1.807, 2.05) is 0 Å². The molecule has 0 aliphatic carbocycles. The quantitative estimate of drug-likeness (QED) is 0.890. The van der Waals surface area contributed by atoms with Crippen LogP contribution in [0.5, 0.6) is 0 Å². The number of hydrogen-bond acceptors (Lipinski definition) is 3. The second-order valence-electron chi connectivity index (χ2n) is 6.41. The number of benzene rings is 2. The van der Waals surface area contributed by atoms with Crippen molar-refractivity contribution in [3.05, 3.63) is 70.8 Å². The van der Waals surface area contributed by atoms with Crippen molar-refractivity contribution in [2.24, 2.45) is 0 Å². The molecule has 23 heavy (non-hydrogen) atoms. The lowest BCUT2D eigenvalue weighted by molar-refractivity contribution is 0.00774. The zero-order valence-electron chi connectivity index (χ0n) is 13.7. The van der Waals surface area contributed by atoms with Gasteiger partial charge in [0.1, 0.15) is 0 Å². The molecular formula is C20H25NO2. The van der Waals surface area contributed by atoms with Crippen LogP contribution in [0.3, 0.4) is 0 Å². The van der Waals surface area contributed by atoms with Crippen LogP contribution in [-0.4, -0.2) is 35.8 Å². The van der Waals surface area contributed by atoms with Crippen LogP contribution in [0, 0.1) is 6.92 Å². The van der Waals surface area contributed by atoms with Crippen molar-refractivity contribution in [1.29, 1.82) is 0 Å². The normalized spacial score (nSPS) is 16.1. The fraction of sp³-hybridized carbons (Fsp3) is 0.400. The molecule has 1 atom stereocenters. The summed E-state index contributed by atoms with van der Waals surface area (Å²) in [5.74, 6) is 0. The molecule has 0 aromatic heterocycles. The van der Waals surface area contributed by atoms with Crippen molar-refractivity contribution in [3.8, 4) is 0 Å². The molecule has 0 fully saturated rings. The predicted molar refractivity (Wildman–Crippen MR) is 92.3 cm³/mol. The van der Waals surface area contributed by atoms with Crippen LogP contribution in [0.2, 0.25) is 0 Å². The molecule has 2 aromatic carbocycles. The Labute approximate surface area is 138 Å². The minimum absolute atomic E-state index is 0.381. The third-order valence-corrected chi connectivity index (χ3v) is 4.38. The fourth-order valence-electron chi connectivity index (χ4n) is 3.06. The highest BCUT2D eigenvalue weighted by atomic mass is 16.5. The third-order valence-electron chi connectivity index (χ3n) is 4.38. The van der Waals surface area contributed by atoms with Gasteiger partial charge >= 0.3 is 0 Å². The molecule has 3 rings (SSSR count).